The van der Waals surface area contributed by atoms with E-state index in [0.717, 1.165) is 5.56 Å². The largest absolute Gasteiger partial charge is 0.382 e. The molecule has 0 fully saturated rings. The zero-order valence-electron chi connectivity index (χ0n) is 8.23. The van der Waals surface area contributed by atoms with Gasteiger partial charge in [-0.2, -0.15) is 13.1 Å². The van der Waals surface area contributed by atoms with Crippen LogP contribution in [0.4, 0.5) is 0 Å². The van der Waals surface area contributed by atoms with Crippen molar-refractivity contribution in [2.75, 3.05) is 12.4 Å². The molecule has 84 valence electrons. The summed E-state index contributed by atoms with van der Waals surface area (Å²) < 4.78 is 29.5. The fraction of sp³-hybridized carbons (Fsp3) is 0.333. The number of rotatable bonds is 5. The van der Waals surface area contributed by atoms with Crippen molar-refractivity contribution in [3.8, 4) is 5.75 Å². The second kappa shape index (κ2) is 5.34. The van der Waals surface area contributed by atoms with E-state index in [2.05, 4.69) is 4.72 Å². The molecule has 0 unspecified atom stereocenters. The fourth-order valence-electron chi connectivity index (χ4n) is 0.914. The normalized spacial score (nSPS) is 11.3. The lowest BCUT2D eigenvalue weighted by Gasteiger charge is -2.06. The molecule has 4 nitrogen and oxygen atoms in total. The van der Waals surface area contributed by atoms with Gasteiger partial charge in [0.1, 0.15) is 5.75 Å². The maximum Gasteiger partial charge on any atom is 0.382 e. The molecular formula is C9H12ClNO3S. The van der Waals surface area contributed by atoms with Gasteiger partial charge in [0.15, 0.2) is 0 Å². The van der Waals surface area contributed by atoms with Crippen LogP contribution in [0.3, 0.4) is 0 Å². The molecular weight excluding hydrogens is 238 g/mol. The minimum Gasteiger partial charge on any atom is -0.371 e. The molecule has 0 amide bonds. The third-order valence-corrected chi connectivity index (χ3v) is 2.76. The zero-order valence-corrected chi connectivity index (χ0v) is 9.81. The van der Waals surface area contributed by atoms with Crippen LogP contribution in [0.15, 0.2) is 24.3 Å². The number of aryl methyl sites for hydroxylation is 1. The Bertz CT molecular complexity index is 402. The van der Waals surface area contributed by atoms with Crippen molar-refractivity contribution >= 4 is 21.9 Å². The molecule has 0 saturated heterocycles. The summed E-state index contributed by atoms with van der Waals surface area (Å²) in [6.45, 7) is 2.06. The average molecular weight is 250 g/mol. The van der Waals surface area contributed by atoms with Crippen molar-refractivity contribution in [2.24, 2.45) is 0 Å². The van der Waals surface area contributed by atoms with E-state index >= 15 is 0 Å². The van der Waals surface area contributed by atoms with E-state index in [1.165, 1.54) is 0 Å². The van der Waals surface area contributed by atoms with Gasteiger partial charge in [0.05, 0.1) is 0 Å². The van der Waals surface area contributed by atoms with Gasteiger partial charge in [-0.05, 0) is 19.1 Å². The highest BCUT2D eigenvalue weighted by atomic mass is 35.5. The molecule has 1 aromatic rings. The number of hydrogen-bond donors (Lipinski definition) is 1. The molecule has 15 heavy (non-hydrogen) atoms. The Morgan fingerprint density at radius 1 is 1.33 bits per heavy atom. The van der Waals surface area contributed by atoms with E-state index in [0.29, 0.717) is 0 Å². The molecule has 0 spiro atoms. The van der Waals surface area contributed by atoms with Crippen LogP contribution in [0.1, 0.15) is 5.56 Å². The highest BCUT2D eigenvalue weighted by Crippen LogP contribution is 2.12. The Hall–Kier alpha value is -0.780. The predicted molar refractivity (Wildman–Crippen MR) is 59.4 cm³/mol. The maximum atomic E-state index is 11.3. The minimum atomic E-state index is -3.74. The van der Waals surface area contributed by atoms with E-state index in [1.807, 2.05) is 6.92 Å². The molecule has 1 aromatic carbocycles. The van der Waals surface area contributed by atoms with Crippen molar-refractivity contribution in [1.29, 1.82) is 0 Å². The van der Waals surface area contributed by atoms with Gasteiger partial charge < -0.3 is 4.18 Å². The van der Waals surface area contributed by atoms with Crippen molar-refractivity contribution < 1.29 is 12.6 Å². The summed E-state index contributed by atoms with van der Waals surface area (Å²) >= 11 is 5.35. The number of alkyl halides is 1. The Morgan fingerprint density at radius 2 is 1.93 bits per heavy atom. The molecule has 0 aliphatic heterocycles. The maximum absolute atomic E-state index is 11.3. The van der Waals surface area contributed by atoms with Crippen molar-refractivity contribution in [3.63, 3.8) is 0 Å². The highest BCUT2D eigenvalue weighted by molar-refractivity contribution is 7.85. The summed E-state index contributed by atoms with van der Waals surface area (Å²) in [4.78, 5) is 0. The summed E-state index contributed by atoms with van der Waals surface area (Å²) in [6, 6.07) is 6.73. The summed E-state index contributed by atoms with van der Waals surface area (Å²) in [5.41, 5.74) is 1.04. The molecule has 1 N–H and O–H groups in total. The second-order valence-electron chi connectivity index (χ2n) is 2.93. The third kappa shape index (κ3) is 4.51. The van der Waals surface area contributed by atoms with Gasteiger partial charge in [-0.3, -0.25) is 0 Å². The first kappa shape index (κ1) is 12.3. The third-order valence-electron chi connectivity index (χ3n) is 1.60. The zero-order chi connectivity index (χ0) is 11.3. The van der Waals surface area contributed by atoms with E-state index in [-0.39, 0.29) is 18.2 Å². The summed E-state index contributed by atoms with van der Waals surface area (Å²) in [5, 5.41) is 0. The average Bonchev–Trinajstić information content (AvgIpc) is 2.18. The van der Waals surface area contributed by atoms with E-state index in [1.54, 1.807) is 24.3 Å². The van der Waals surface area contributed by atoms with Crippen LogP contribution in [0.5, 0.6) is 5.75 Å². The van der Waals surface area contributed by atoms with E-state index in [4.69, 9.17) is 15.8 Å². The topological polar surface area (TPSA) is 55.4 Å². The molecule has 0 aliphatic carbocycles. The molecule has 0 atom stereocenters. The van der Waals surface area contributed by atoms with E-state index < -0.39 is 10.3 Å². The lowest BCUT2D eigenvalue weighted by Crippen LogP contribution is -2.29. The fourth-order valence-corrected chi connectivity index (χ4v) is 1.90. The molecule has 0 bridgehead atoms. The SMILES string of the molecule is Cc1ccc(OS(=O)(=O)NCCCl)cc1. The lowest BCUT2D eigenvalue weighted by molar-refractivity contribution is 0.473. The highest BCUT2D eigenvalue weighted by Gasteiger charge is 2.10. The first-order chi connectivity index (χ1) is 7.03. The standard InChI is InChI=1S/C9H12ClNO3S/c1-8-2-4-9(5-3-8)14-15(12,13)11-7-6-10/h2-5,11H,6-7H2,1H3. The van der Waals surface area contributed by atoms with E-state index in [9.17, 15) is 8.42 Å². The number of hydrogen-bond acceptors (Lipinski definition) is 3. The summed E-state index contributed by atoms with van der Waals surface area (Å²) in [5.74, 6) is 0.485. The lowest BCUT2D eigenvalue weighted by atomic mass is 10.2. The van der Waals surface area contributed by atoms with Gasteiger partial charge in [0, 0.05) is 12.4 Å². The first-order valence-corrected chi connectivity index (χ1v) is 6.29. The number of halogens is 1. The smallest absolute Gasteiger partial charge is 0.371 e. The Balaban J connectivity index is 2.65. The van der Waals surface area contributed by atoms with Crippen LogP contribution >= 0.6 is 11.6 Å². The monoisotopic (exact) mass is 249 g/mol. The van der Waals surface area contributed by atoms with Crippen LogP contribution < -0.4 is 8.91 Å². The van der Waals surface area contributed by atoms with Crippen LogP contribution in [0, 0.1) is 6.92 Å². The van der Waals surface area contributed by atoms with Crippen molar-refractivity contribution in [3.05, 3.63) is 29.8 Å². The minimum absolute atomic E-state index is 0.149. The van der Waals surface area contributed by atoms with Gasteiger partial charge in [0.25, 0.3) is 0 Å². The molecule has 0 heterocycles. The molecule has 1 rings (SSSR count). The summed E-state index contributed by atoms with van der Waals surface area (Å²) in [6.07, 6.45) is 0. The molecule has 6 heteroatoms. The Labute approximate surface area is 94.5 Å². The quantitative estimate of drug-likeness (QED) is 0.804. The van der Waals surface area contributed by atoms with Crippen molar-refractivity contribution in [2.45, 2.75) is 6.92 Å². The number of benzene rings is 1. The Kier molecular flexibility index (Phi) is 4.38. The predicted octanol–water partition coefficient (Wildman–Crippen LogP) is 1.45. The van der Waals surface area contributed by atoms with Crippen molar-refractivity contribution in [1.82, 2.24) is 4.72 Å². The second-order valence-corrected chi connectivity index (χ2v) is 4.68. The van der Waals surface area contributed by atoms with Crippen LogP contribution in [-0.2, 0) is 10.3 Å². The Morgan fingerprint density at radius 3 is 2.47 bits per heavy atom. The molecule has 0 saturated carbocycles. The molecule has 0 aliphatic rings. The number of nitrogens with one attached hydrogen (secondary N) is 1. The van der Waals surface area contributed by atoms with Crippen LogP contribution in [0.25, 0.3) is 0 Å². The summed E-state index contributed by atoms with van der Waals surface area (Å²) in [7, 11) is -3.74. The van der Waals surface area contributed by atoms with Crippen LogP contribution in [-0.4, -0.2) is 20.8 Å². The van der Waals surface area contributed by atoms with Gasteiger partial charge >= 0.3 is 10.3 Å². The first-order valence-electron chi connectivity index (χ1n) is 4.35. The molecule has 0 aromatic heterocycles. The van der Waals surface area contributed by atoms with Gasteiger partial charge in [-0.1, -0.05) is 17.7 Å². The van der Waals surface area contributed by atoms with Gasteiger partial charge in [-0.25, -0.2) is 0 Å². The van der Waals surface area contributed by atoms with Gasteiger partial charge in [0.2, 0.25) is 0 Å². The van der Waals surface area contributed by atoms with Crippen LogP contribution in [0.2, 0.25) is 0 Å². The molecule has 0 radical (unpaired) electrons. The van der Waals surface area contributed by atoms with Gasteiger partial charge in [-0.15, -0.1) is 11.6 Å².